The molecule has 3 heteroatoms. The number of hydrogen-bond donors (Lipinski definition) is 1. The highest BCUT2D eigenvalue weighted by Gasteiger charge is 2.14. The Kier molecular flexibility index (Phi) is 3.44. The molecule has 98 valence electrons. The largest absolute Gasteiger partial charge is 0.347 e. The summed E-state index contributed by atoms with van der Waals surface area (Å²) < 4.78 is 15.9. The monoisotopic (exact) mass is 248 g/mol. The predicted octanol–water partition coefficient (Wildman–Crippen LogP) is 3.76. The minimum absolute atomic E-state index is 0.0805. The van der Waals surface area contributed by atoms with Crippen molar-refractivity contribution in [1.82, 2.24) is 4.57 Å². The maximum absolute atomic E-state index is 13.7. The maximum atomic E-state index is 13.7. The van der Waals surface area contributed by atoms with Gasteiger partial charge in [0.25, 0.3) is 0 Å². The van der Waals surface area contributed by atoms with Crippen molar-refractivity contribution in [3.63, 3.8) is 0 Å². The van der Waals surface area contributed by atoms with Gasteiger partial charge in [0.1, 0.15) is 5.82 Å². The van der Waals surface area contributed by atoms with Gasteiger partial charge in [-0.3, -0.25) is 0 Å². The predicted molar refractivity (Wildman–Crippen MR) is 74.1 cm³/mol. The molecule has 2 aromatic rings. The lowest BCUT2D eigenvalue weighted by Crippen LogP contribution is -2.05. The average molecular weight is 248 g/mol. The summed E-state index contributed by atoms with van der Waals surface area (Å²) in [5, 5.41) is 0.939. The fraction of sp³-hybridized carbons (Fsp3) is 0.467. The van der Waals surface area contributed by atoms with Gasteiger partial charge in [-0.15, -0.1) is 0 Å². The van der Waals surface area contributed by atoms with E-state index in [2.05, 4.69) is 24.6 Å². The number of nitrogens with two attached hydrogens (primary N) is 1. The van der Waals surface area contributed by atoms with Gasteiger partial charge in [-0.05, 0) is 43.0 Å². The molecule has 2 rings (SSSR count). The molecule has 1 atom stereocenters. The van der Waals surface area contributed by atoms with Gasteiger partial charge in [-0.25, -0.2) is 4.39 Å². The van der Waals surface area contributed by atoms with Crippen molar-refractivity contribution in [1.29, 1.82) is 0 Å². The zero-order chi connectivity index (χ0) is 13.4. The van der Waals surface area contributed by atoms with Crippen LogP contribution in [0.2, 0.25) is 0 Å². The lowest BCUT2D eigenvalue weighted by molar-refractivity contribution is 0.533. The van der Waals surface area contributed by atoms with E-state index in [9.17, 15) is 4.39 Å². The van der Waals surface area contributed by atoms with Crippen molar-refractivity contribution in [3.8, 4) is 0 Å². The summed E-state index contributed by atoms with van der Waals surface area (Å²) in [6.07, 6.45) is 2.06. The van der Waals surface area contributed by atoms with Crippen molar-refractivity contribution >= 4 is 10.9 Å². The number of fused-ring (bicyclic) bond motifs is 1. The Morgan fingerprint density at radius 1 is 1.28 bits per heavy atom. The maximum Gasteiger partial charge on any atom is 0.126 e. The molecule has 0 aliphatic rings. The molecular weight excluding hydrogens is 227 g/mol. The highest BCUT2D eigenvalue weighted by Crippen LogP contribution is 2.28. The molecule has 0 radical (unpaired) electrons. The Hall–Kier alpha value is -1.35. The smallest absolute Gasteiger partial charge is 0.126 e. The second kappa shape index (κ2) is 4.73. The zero-order valence-corrected chi connectivity index (χ0v) is 11.5. The van der Waals surface area contributed by atoms with Gasteiger partial charge >= 0.3 is 0 Å². The fourth-order valence-corrected chi connectivity index (χ4v) is 2.35. The van der Waals surface area contributed by atoms with Crippen LogP contribution in [0, 0.1) is 18.7 Å². The fourth-order valence-electron chi connectivity index (χ4n) is 2.35. The van der Waals surface area contributed by atoms with E-state index in [1.807, 2.05) is 13.0 Å². The van der Waals surface area contributed by atoms with Gasteiger partial charge in [0, 0.05) is 29.7 Å². The van der Waals surface area contributed by atoms with Crippen molar-refractivity contribution in [2.75, 3.05) is 0 Å². The van der Waals surface area contributed by atoms with Crippen LogP contribution in [0.3, 0.4) is 0 Å². The summed E-state index contributed by atoms with van der Waals surface area (Å²) in [6.45, 7) is 9.01. The first-order chi connectivity index (χ1) is 8.40. The van der Waals surface area contributed by atoms with Crippen LogP contribution in [0.5, 0.6) is 0 Å². The Morgan fingerprint density at radius 2 is 1.94 bits per heavy atom. The van der Waals surface area contributed by atoms with Gasteiger partial charge in [0.2, 0.25) is 0 Å². The second-order valence-corrected chi connectivity index (χ2v) is 5.54. The number of benzene rings is 1. The molecule has 1 aromatic carbocycles. The van der Waals surface area contributed by atoms with Crippen LogP contribution in [0.1, 0.15) is 37.9 Å². The first kappa shape index (κ1) is 13.1. The van der Waals surface area contributed by atoms with Crippen molar-refractivity contribution in [2.24, 2.45) is 11.7 Å². The lowest BCUT2D eigenvalue weighted by atomic mass is 10.1. The highest BCUT2D eigenvalue weighted by atomic mass is 19.1. The summed E-state index contributed by atoms with van der Waals surface area (Å²) in [5.74, 6) is 0.388. The van der Waals surface area contributed by atoms with E-state index in [1.54, 1.807) is 13.0 Å². The van der Waals surface area contributed by atoms with E-state index in [4.69, 9.17) is 5.73 Å². The third-order valence-electron chi connectivity index (χ3n) is 3.24. The van der Waals surface area contributed by atoms with E-state index >= 15 is 0 Å². The standard InChI is InChI=1S/C15H21FN2/c1-9(2)7-18-8-13(11(4)17)12-6-14(16)10(3)5-15(12)18/h5-6,8-9,11H,7,17H2,1-4H3/t11-/m1/s1. The molecule has 0 aliphatic carbocycles. The minimum Gasteiger partial charge on any atom is -0.347 e. The summed E-state index contributed by atoms with van der Waals surface area (Å²) in [4.78, 5) is 0. The van der Waals surface area contributed by atoms with E-state index < -0.39 is 0 Å². The van der Waals surface area contributed by atoms with Gasteiger partial charge in [-0.2, -0.15) is 0 Å². The molecule has 0 fully saturated rings. The van der Waals surface area contributed by atoms with E-state index in [0.29, 0.717) is 11.5 Å². The number of aromatic nitrogens is 1. The second-order valence-electron chi connectivity index (χ2n) is 5.54. The zero-order valence-electron chi connectivity index (χ0n) is 11.5. The SMILES string of the molecule is Cc1cc2c(cc1F)c([C@@H](C)N)cn2CC(C)C. The first-order valence-electron chi connectivity index (χ1n) is 6.44. The number of halogens is 1. The van der Waals surface area contributed by atoms with Crippen LogP contribution in [0.15, 0.2) is 18.3 Å². The van der Waals surface area contributed by atoms with Crippen LogP contribution < -0.4 is 5.73 Å². The van der Waals surface area contributed by atoms with E-state index in [0.717, 1.165) is 23.0 Å². The van der Waals surface area contributed by atoms with Crippen LogP contribution >= 0.6 is 0 Å². The van der Waals surface area contributed by atoms with Gasteiger partial charge in [-0.1, -0.05) is 13.8 Å². The highest BCUT2D eigenvalue weighted by molar-refractivity contribution is 5.85. The quantitative estimate of drug-likeness (QED) is 0.880. The summed E-state index contributed by atoms with van der Waals surface area (Å²) in [6, 6.07) is 3.45. The molecular formula is C15H21FN2. The third-order valence-corrected chi connectivity index (χ3v) is 3.24. The lowest BCUT2D eigenvalue weighted by Gasteiger charge is -2.08. The Morgan fingerprint density at radius 3 is 2.50 bits per heavy atom. The topological polar surface area (TPSA) is 30.9 Å². The molecule has 0 amide bonds. The molecule has 0 aliphatic heterocycles. The molecule has 0 bridgehead atoms. The number of nitrogens with zero attached hydrogens (tertiary/aromatic N) is 1. The summed E-state index contributed by atoms with van der Waals surface area (Å²) in [7, 11) is 0. The Bertz CT molecular complexity index is 567. The van der Waals surface area contributed by atoms with Crippen molar-refractivity contribution in [3.05, 3.63) is 35.3 Å². The number of aryl methyl sites for hydroxylation is 1. The van der Waals surface area contributed by atoms with Crippen LogP contribution in [-0.2, 0) is 6.54 Å². The first-order valence-corrected chi connectivity index (χ1v) is 6.44. The van der Waals surface area contributed by atoms with Gasteiger partial charge < -0.3 is 10.3 Å². The normalized spacial score (nSPS) is 13.5. The van der Waals surface area contributed by atoms with Crippen LogP contribution in [0.25, 0.3) is 10.9 Å². The molecule has 0 unspecified atom stereocenters. The van der Waals surface area contributed by atoms with Gasteiger partial charge in [0.15, 0.2) is 0 Å². The molecule has 0 saturated heterocycles. The Labute approximate surface area is 108 Å². The average Bonchev–Trinajstić information content (AvgIpc) is 2.57. The molecule has 0 saturated carbocycles. The van der Waals surface area contributed by atoms with Crippen molar-refractivity contribution in [2.45, 2.75) is 40.3 Å². The molecule has 2 N–H and O–H groups in total. The molecule has 1 heterocycles. The number of hydrogen-bond acceptors (Lipinski definition) is 1. The molecule has 2 nitrogen and oxygen atoms in total. The van der Waals surface area contributed by atoms with Crippen molar-refractivity contribution < 1.29 is 4.39 Å². The molecule has 0 spiro atoms. The van der Waals surface area contributed by atoms with E-state index in [-0.39, 0.29) is 11.9 Å². The van der Waals surface area contributed by atoms with E-state index in [1.165, 1.54) is 0 Å². The van der Waals surface area contributed by atoms with Crippen LogP contribution in [-0.4, -0.2) is 4.57 Å². The molecule has 18 heavy (non-hydrogen) atoms. The summed E-state index contributed by atoms with van der Waals surface area (Å²) in [5.41, 5.74) is 8.76. The molecule has 1 aromatic heterocycles. The van der Waals surface area contributed by atoms with Gasteiger partial charge in [0.05, 0.1) is 0 Å². The Balaban J connectivity index is 2.68. The number of rotatable bonds is 3. The third kappa shape index (κ3) is 2.27. The van der Waals surface area contributed by atoms with Crippen LogP contribution in [0.4, 0.5) is 4.39 Å². The minimum atomic E-state index is -0.160. The summed E-state index contributed by atoms with van der Waals surface area (Å²) >= 11 is 0.